The molecule has 1 rings (SSSR count). The van der Waals surface area contributed by atoms with Crippen LogP contribution in [0.1, 0.15) is 51.7 Å². The number of carboxylic acid groups (broad SMARTS) is 1. The summed E-state index contributed by atoms with van der Waals surface area (Å²) in [6.45, 7) is 9.50. The molecule has 0 saturated carbocycles. The van der Waals surface area contributed by atoms with Gasteiger partial charge in [0.1, 0.15) is 0 Å². The highest BCUT2D eigenvalue weighted by Crippen LogP contribution is 2.17. The second kappa shape index (κ2) is 8.70. The van der Waals surface area contributed by atoms with Crippen molar-refractivity contribution in [3.8, 4) is 0 Å². The molecule has 1 unspecified atom stereocenters. The summed E-state index contributed by atoms with van der Waals surface area (Å²) in [5, 5.41) is 16.9. The lowest BCUT2D eigenvalue weighted by molar-refractivity contribution is -0.138. The maximum Gasteiger partial charge on any atom is 0.310 e. The third-order valence-electron chi connectivity index (χ3n) is 2.49. The zero-order valence-electron chi connectivity index (χ0n) is 12.6. The van der Waals surface area contributed by atoms with Crippen LogP contribution in [0.2, 0.25) is 0 Å². The van der Waals surface area contributed by atoms with Crippen LogP contribution in [-0.2, 0) is 11.2 Å². The molecule has 0 aliphatic heterocycles. The van der Waals surface area contributed by atoms with Gasteiger partial charge in [0.15, 0.2) is 0 Å². The van der Waals surface area contributed by atoms with Gasteiger partial charge in [-0.05, 0) is 44.2 Å². The molecular formula is C16H26O3. The SMILES string of the molecule is CC(C)Cc1ccc(C(C)C(=O)O)cc1.CC(C)O. The van der Waals surface area contributed by atoms with E-state index in [-0.39, 0.29) is 6.10 Å². The minimum absolute atomic E-state index is 0.167. The molecule has 3 nitrogen and oxygen atoms in total. The normalized spacial score (nSPS) is 12.0. The Balaban J connectivity index is 0.000000711. The molecule has 0 radical (unpaired) electrons. The van der Waals surface area contributed by atoms with Crippen LogP contribution in [0.4, 0.5) is 0 Å². The summed E-state index contributed by atoms with van der Waals surface area (Å²) in [5.41, 5.74) is 2.14. The van der Waals surface area contributed by atoms with Gasteiger partial charge < -0.3 is 10.2 Å². The molecule has 1 aromatic carbocycles. The van der Waals surface area contributed by atoms with Crippen LogP contribution in [0.3, 0.4) is 0 Å². The highest BCUT2D eigenvalue weighted by atomic mass is 16.4. The molecule has 0 aromatic heterocycles. The first kappa shape index (κ1) is 17.6. The van der Waals surface area contributed by atoms with Crippen LogP contribution < -0.4 is 0 Å². The number of aliphatic hydroxyl groups is 1. The Morgan fingerprint density at radius 2 is 1.47 bits per heavy atom. The van der Waals surface area contributed by atoms with E-state index in [1.54, 1.807) is 20.8 Å². The van der Waals surface area contributed by atoms with Crippen molar-refractivity contribution >= 4 is 5.97 Å². The molecule has 108 valence electrons. The van der Waals surface area contributed by atoms with E-state index in [9.17, 15) is 4.79 Å². The number of benzene rings is 1. The zero-order valence-corrected chi connectivity index (χ0v) is 12.6. The fourth-order valence-electron chi connectivity index (χ4n) is 1.56. The first-order valence-electron chi connectivity index (χ1n) is 6.73. The van der Waals surface area contributed by atoms with Gasteiger partial charge in [0.05, 0.1) is 5.92 Å². The number of carboxylic acids is 1. The quantitative estimate of drug-likeness (QED) is 0.877. The van der Waals surface area contributed by atoms with Gasteiger partial charge in [0.2, 0.25) is 0 Å². The second-order valence-electron chi connectivity index (χ2n) is 5.49. The maximum atomic E-state index is 10.8. The summed E-state index contributed by atoms with van der Waals surface area (Å²) < 4.78 is 0. The fraction of sp³-hybridized carbons (Fsp3) is 0.562. The fourth-order valence-corrected chi connectivity index (χ4v) is 1.56. The van der Waals surface area contributed by atoms with Crippen LogP contribution in [-0.4, -0.2) is 22.3 Å². The zero-order chi connectivity index (χ0) is 15.0. The van der Waals surface area contributed by atoms with Crippen LogP contribution in [0, 0.1) is 5.92 Å². The molecule has 1 atom stereocenters. The lowest BCUT2D eigenvalue weighted by Gasteiger charge is -2.09. The smallest absolute Gasteiger partial charge is 0.310 e. The first-order chi connectivity index (χ1) is 8.73. The maximum absolute atomic E-state index is 10.8. The van der Waals surface area contributed by atoms with E-state index < -0.39 is 11.9 Å². The summed E-state index contributed by atoms with van der Waals surface area (Å²) in [5.74, 6) is -0.558. The Bertz CT molecular complexity index is 363. The van der Waals surface area contributed by atoms with Gasteiger partial charge in [-0.1, -0.05) is 38.1 Å². The van der Waals surface area contributed by atoms with Crippen molar-refractivity contribution in [1.29, 1.82) is 0 Å². The molecule has 0 saturated heterocycles. The van der Waals surface area contributed by atoms with Gasteiger partial charge >= 0.3 is 5.97 Å². The summed E-state index contributed by atoms with van der Waals surface area (Å²) in [7, 11) is 0. The standard InChI is InChI=1S/C13H18O2.C3H8O/c1-9(2)8-11-4-6-12(7-5-11)10(3)13(14)15;1-3(2)4/h4-7,9-10H,8H2,1-3H3,(H,14,15);3-4H,1-2H3. The Morgan fingerprint density at radius 3 is 1.79 bits per heavy atom. The molecule has 0 aliphatic carbocycles. The van der Waals surface area contributed by atoms with Gasteiger partial charge in [-0.2, -0.15) is 0 Å². The summed E-state index contributed by atoms with van der Waals surface area (Å²) >= 11 is 0. The molecule has 19 heavy (non-hydrogen) atoms. The predicted molar refractivity (Wildman–Crippen MR) is 78.4 cm³/mol. The molecular weight excluding hydrogens is 240 g/mol. The number of hydrogen-bond donors (Lipinski definition) is 2. The third-order valence-corrected chi connectivity index (χ3v) is 2.49. The Labute approximate surface area is 116 Å². The van der Waals surface area contributed by atoms with E-state index in [4.69, 9.17) is 10.2 Å². The first-order valence-corrected chi connectivity index (χ1v) is 6.73. The average Bonchev–Trinajstić information content (AvgIpc) is 2.27. The van der Waals surface area contributed by atoms with Gasteiger partial charge in [-0.15, -0.1) is 0 Å². The number of rotatable bonds is 4. The van der Waals surface area contributed by atoms with E-state index in [2.05, 4.69) is 13.8 Å². The van der Waals surface area contributed by atoms with Crippen molar-refractivity contribution in [2.45, 2.75) is 53.1 Å². The molecule has 0 spiro atoms. The molecule has 2 N–H and O–H groups in total. The van der Waals surface area contributed by atoms with Crippen molar-refractivity contribution in [3.63, 3.8) is 0 Å². The molecule has 0 amide bonds. The largest absolute Gasteiger partial charge is 0.481 e. The minimum atomic E-state index is -0.772. The predicted octanol–water partition coefficient (Wildman–Crippen LogP) is 3.46. The van der Waals surface area contributed by atoms with Crippen LogP contribution >= 0.6 is 0 Å². The number of hydrogen-bond acceptors (Lipinski definition) is 2. The van der Waals surface area contributed by atoms with Crippen molar-refractivity contribution in [1.82, 2.24) is 0 Å². The van der Waals surface area contributed by atoms with Gasteiger partial charge in [0.25, 0.3) is 0 Å². The van der Waals surface area contributed by atoms with Gasteiger partial charge in [-0.25, -0.2) is 0 Å². The van der Waals surface area contributed by atoms with Gasteiger partial charge in [-0.3, -0.25) is 4.79 Å². The summed E-state index contributed by atoms with van der Waals surface area (Å²) in [6, 6.07) is 7.87. The topological polar surface area (TPSA) is 57.5 Å². The highest BCUT2D eigenvalue weighted by Gasteiger charge is 2.12. The molecule has 0 aliphatic rings. The minimum Gasteiger partial charge on any atom is -0.481 e. The summed E-state index contributed by atoms with van der Waals surface area (Å²) in [6.07, 6.45) is 0.877. The van der Waals surface area contributed by atoms with Crippen molar-refractivity contribution in [3.05, 3.63) is 35.4 Å². The van der Waals surface area contributed by atoms with E-state index >= 15 is 0 Å². The highest BCUT2D eigenvalue weighted by molar-refractivity contribution is 5.75. The lowest BCUT2D eigenvalue weighted by atomic mass is 9.97. The Kier molecular flexibility index (Phi) is 8.08. The van der Waals surface area contributed by atoms with Crippen molar-refractivity contribution < 1.29 is 15.0 Å². The van der Waals surface area contributed by atoms with E-state index in [0.29, 0.717) is 5.92 Å². The third kappa shape index (κ3) is 8.38. The number of aliphatic hydroxyl groups excluding tert-OH is 1. The van der Waals surface area contributed by atoms with Crippen molar-refractivity contribution in [2.75, 3.05) is 0 Å². The van der Waals surface area contributed by atoms with Crippen LogP contribution in [0.25, 0.3) is 0 Å². The van der Waals surface area contributed by atoms with Crippen LogP contribution in [0.5, 0.6) is 0 Å². The number of carbonyl (C=O) groups is 1. The van der Waals surface area contributed by atoms with Crippen LogP contribution in [0.15, 0.2) is 24.3 Å². The second-order valence-corrected chi connectivity index (χ2v) is 5.49. The molecule has 0 bridgehead atoms. The Hall–Kier alpha value is -1.35. The van der Waals surface area contributed by atoms with E-state index in [0.717, 1.165) is 12.0 Å². The lowest BCUT2D eigenvalue weighted by Crippen LogP contribution is -2.07. The Morgan fingerprint density at radius 1 is 1.05 bits per heavy atom. The molecule has 0 heterocycles. The average molecular weight is 266 g/mol. The van der Waals surface area contributed by atoms with E-state index in [1.165, 1.54) is 5.56 Å². The summed E-state index contributed by atoms with van der Waals surface area (Å²) in [4.78, 5) is 10.8. The molecule has 3 heteroatoms. The van der Waals surface area contributed by atoms with Crippen molar-refractivity contribution in [2.24, 2.45) is 5.92 Å². The number of aliphatic carboxylic acids is 1. The molecule has 0 fully saturated rings. The monoisotopic (exact) mass is 266 g/mol. The van der Waals surface area contributed by atoms with Gasteiger partial charge in [0, 0.05) is 6.10 Å². The molecule has 1 aromatic rings. The van der Waals surface area contributed by atoms with E-state index in [1.807, 2.05) is 24.3 Å².